The highest BCUT2D eigenvalue weighted by Gasteiger charge is 2.06. The second kappa shape index (κ2) is 6.54. The maximum absolute atomic E-state index is 11.9. The van der Waals surface area contributed by atoms with E-state index in [1.54, 1.807) is 0 Å². The van der Waals surface area contributed by atoms with E-state index >= 15 is 0 Å². The van der Waals surface area contributed by atoms with E-state index in [1.165, 1.54) is 5.56 Å². The molecule has 0 aliphatic carbocycles. The molecule has 0 spiro atoms. The molecular formula is C16H19N3OS. The second-order valence-corrected chi connectivity index (χ2v) is 5.52. The number of hydrogen-bond acceptors (Lipinski definition) is 2. The number of aryl methyl sites for hydroxylation is 3. The van der Waals surface area contributed by atoms with Crippen molar-refractivity contribution in [2.24, 2.45) is 0 Å². The van der Waals surface area contributed by atoms with Crippen molar-refractivity contribution in [1.82, 2.24) is 10.3 Å². The Labute approximate surface area is 129 Å². The summed E-state index contributed by atoms with van der Waals surface area (Å²) in [6, 6.07) is 9.91. The third-order valence-electron chi connectivity index (χ3n) is 3.23. The third-order valence-corrected chi connectivity index (χ3v) is 3.48. The van der Waals surface area contributed by atoms with Gasteiger partial charge in [0, 0.05) is 23.5 Å². The van der Waals surface area contributed by atoms with Crippen molar-refractivity contribution in [3.8, 4) is 0 Å². The van der Waals surface area contributed by atoms with Gasteiger partial charge in [-0.15, -0.1) is 0 Å². The summed E-state index contributed by atoms with van der Waals surface area (Å²) in [6.07, 6.45) is 0. The number of rotatable bonds is 3. The van der Waals surface area contributed by atoms with Crippen molar-refractivity contribution in [1.29, 1.82) is 0 Å². The molecule has 0 unspecified atom stereocenters. The molecular weight excluding hydrogens is 282 g/mol. The van der Waals surface area contributed by atoms with Crippen LogP contribution in [0.4, 0.5) is 5.69 Å². The minimum atomic E-state index is -0.0712. The molecule has 0 atom stereocenters. The molecule has 0 aliphatic rings. The first kappa shape index (κ1) is 15.3. The SMILES string of the molecule is Cc1ccc(NC(=S)NCc2c(C)cc(C)[nH]c2=O)cc1. The average molecular weight is 301 g/mol. The zero-order valence-corrected chi connectivity index (χ0v) is 13.2. The van der Waals surface area contributed by atoms with Crippen LogP contribution in [0, 0.1) is 20.8 Å². The van der Waals surface area contributed by atoms with Crippen molar-refractivity contribution in [2.45, 2.75) is 27.3 Å². The van der Waals surface area contributed by atoms with Gasteiger partial charge in [0.15, 0.2) is 5.11 Å². The molecule has 110 valence electrons. The number of anilines is 1. The van der Waals surface area contributed by atoms with E-state index in [-0.39, 0.29) is 5.56 Å². The van der Waals surface area contributed by atoms with Gasteiger partial charge < -0.3 is 15.6 Å². The van der Waals surface area contributed by atoms with Gasteiger partial charge in [0.1, 0.15) is 0 Å². The number of benzene rings is 1. The van der Waals surface area contributed by atoms with E-state index in [9.17, 15) is 4.79 Å². The molecule has 2 aromatic rings. The summed E-state index contributed by atoms with van der Waals surface area (Å²) >= 11 is 5.25. The Balaban J connectivity index is 1.98. The second-order valence-electron chi connectivity index (χ2n) is 5.12. The van der Waals surface area contributed by atoms with E-state index in [4.69, 9.17) is 12.2 Å². The summed E-state index contributed by atoms with van der Waals surface area (Å²) in [5.41, 5.74) is 4.57. The van der Waals surface area contributed by atoms with E-state index in [2.05, 4.69) is 15.6 Å². The molecule has 2 rings (SSSR count). The van der Waals surface area contributed by atoms with Crippen LogP contribution in [-0.2, 0) is 6.54 Å². The lowest BCUT2D eigenvalue weighted by Gasteiger charge is -2.12. The molecule has 0 bridgehead atoms. The summed E-state index contributed by atoms with van der Waals surface area (Å²) < 4.78 is 0. The number of pyridine rings is 1. The largest absolute Gasteiger partial charge is 0.358 e. The maximum atomic E-state index is 11.9. The third kappa shape index (κ3) is 4.16. The summed E-state index contributed by atoms with van der Waals surface area (Å²) in [5.74, 6) is 0. The Morgan fingerprint density at radius 3 is 2.48 bits per heavy atom. The Morgan fingerprint density at radius 1 is 1.19 bits per heavy atom. The molecule has 0 saturated carbocycles. The molecule has 1 aromatic carbocycles. The molecule has 4 nitrogen and oxygen atoms in total. The van der Waals surface area contributed by atoms with Gasteiger partial charge in [0.05, 0.1) is 0 Å². The van der Waals surface area contributed by atoms with Gasteiger partial charge in [-0.05, 0) is 56.8 Å². The van der Waals surface area contributed by atoms with Crippen LogP contribution in [0.5, 0.6) is 0 Å². The quantitative estimate of drug-likeness (QED) is 0.763. The first-order valence-electron chi connectivity index (χ1n) is 6.76. The predicted molar refractivity (Wildman–Crippen MR) is 90.8 cm³/mol. The minimum Gasteiger partial charge on any atom is -0.358 e. The van der Waals surface area contributed by atoms with Gasteiger partial charge in [0.25, 0.3) is 5.56 Å². The van der Waals surface area contributed by atoms with Gasteiger partial charge in [-0.25, -0.2) is 0 Å². The number of thiocarbonyl (C=S) groups is 1. The van der Waals surface area contributed by atoms with Crippen molar-refractivity contribution >= 4 is 23.0 Å². The Bertz CT molecular complexity index is 704. The zero-order valence-electron chi connectivity index (χ0n) is 12.4. The number of aromatic nitrogens is 1. The fourth-order valence-corrected chi connectivity index (χ4v) is 2.27. The van der Waals surface area contributed by atoms with Gasteiger partial charge in [-0.1, -0.05) is 17.7 Å². The van der Waals surface area contributed by atoms with Crippen molar-refractivity contribution in [3.63, 3.8) is 0 Å². The highest BCUT2D eigenvalue weighted by atomic mass is 32.1. The molecule has 0 fully saturated rings. The Morgan fingerprint density at radius 2 is 1.86 bits per heavy atom. The summed E-state index contributed by atoms with van der Waals surface area (Å²) in [7, 11) is 0. The van der Waals surface area contributed by atoms with E-state index in [0.717, 1.165) is 16.9 Å². The normalized spacial score (nSPS) is 10.2. The van der Waals surface area contributed by atoms with E-state index < -0.39 is 0 Å². The smallest absolute Gasteiger partial charge is 0.253 e. The van der Waals surface area contributed by atoms with Gasteiger partial charge in [-0.2, -0.15) is 0 Å². The molecule has 0 radical (unpaired) electrons. The van der Waals surface area contributed by atoms with Crippen LogP contribution in [0.15, 0.2) is 35.1 Å². The summed E-state index contributed by atoms with van der Waals surface area (Å²) in [5, 5.41) is 6.66. The Kier molecular flexibility index (Phi) is 4.75. The molecule has 0 aliphatic heterocycles. The van der Waals surface area contributed by atoms with Crippen LogP contribution in [0.3, 0.4) is 0 Å². The van der Waals surface area contributed by atoms with Gasteiger partial charge >= 0.3 is 0 Å². The van der Waals surface area contributed by atoms with E-state index in [1.807, 2.05) is 51.1 Å². The standard InChI is InChI=1S/C16H19N3OS/c1-10-4-6-13(7-5-10)19-16(21)17-9-14-11(2)8-12(3)18-15(14)20/h4-8H,9H2,1-3H3,(H,18,20)(H2,17,19,21). The fourth-order valence-electron chi connectivity index (χ4n) is 2.08. The molecule has 1 heterocycles. The van der Waals surface area contributed by atoms with Crippen LogP contribution in [0.25, 0.3) is 0 Å². The van der Waals surface area contributed by atoms with Crippen LogP contribution in [0.2, 0.25) is 0 Å². The topological polar surface area (TPSA) is 56.9 Å². The molecule has 1 aromatic heterocycles. The molecule has 3 N–H and O–H groups in total. The van der Waals surface area contributed by atoms with Crippen LogP contribution in [-0.4, -0.2) is 10.1 Å². The number of nitrogens with one attached hydrogen (secondary N) is 3. The number of H-pyrrole nitrogens is 1. The lowest BCUT2D eigenvalue weighted by molar-refractivity contribution is 0.884. The summed E-state index contributed by atoms with van der Waals surface area (Å²) in [6.45, 7) is 6.23. The fraction of sp³-hybridized carbons (Fsp3) is 0.250. The van der Waals surface area contributed by atoms with Crippen LogP contribution in [0.1, 0.15) is 22.4 Å². The Hall–Kier alpha value is -2.14. The molecule has 0 amide bonds. The van der Waals surface area contributed by atoms with E-state index in [0.29, 0.717) is 17.2 Å². The first-order valence-corrected chi connectivity index (χ1v) is 7.17. The summed E-state index contributed by atoms with van der Waals surface area (Å²) in [4.78, 5) is 14.7. The van der Waals surface area contributed by atoms with Gasteiger partial charge in [-0.3, -0.25) is 4.79 Å². The zero-order chi connectivity index (χ0) is 15.4. The number of hydrogen-bond donors (Lipinski definition) is 3. The van der Waals surface area contributed by atoms with Gasteiger partial charge in [0.2, 0.25) is 0 Å². The monoisotopic (exact) mass is 301 g/mol. The maximum Gasteiger partial charge on any atom is 0.253 e. The minimum absolute atomic E-state index is 0.0712. The molecule has 5 heteroatoms. The van der Waals surface area contributed by atoms with Crippen molar-refractivity contribution < 1.29 is 0 Å². The first-order chi connectivity index (χ1) is 9.95. The highest BCUT2D eigenvalue weighted by molar-refractivity contribution is 7.80. The van der Waals surface area contributed by atoms with Crippen LogP contribution < -0.4 is 16.2 Å². The highest BCUT2D eigenvalue weighted by Crippen LogP contribution is 2.08. The molecule has 0 saturated heterocycles. The molecule has 21 heavy (non-hydrogen) atoms. The number of aromatic amines is 1. The lowest BCUT2D eigenvalue weighted by Crippen LogP contribution is -2.31. The predicted octanol–water partition coefficient (Wildman–Crippen LogP) is 2.79. The van der Waals surface area contributed by atoms with Crippen molar-refractivity contribution in [2.75, 3.05) is 5.32 Å². The van der Waals surface area contributed by atoms with Crippen LogP contribution >= 0.6 is 12.2 Å². The average Bonchev–Trinajstić information content (AvgIpc) is 2.40. The lowest BCUT2D eigenvalue weighted by atomic mass is 10.1. The van der Waals surface area contributed by atoms with Crippen molar-refractivity contribution in [3.05, 3.63) is 63.1 Å².